The molecule has 1 saturated heterocycles. The number of nitrogens with one attached hydrogen (secondary N) is 2. The van der Waals surface area contributed by atoms with Crippen LogP contribution in [0.4, 0.5) is 0 Å². The molecule has 0 aromatic carbocycles. The van der Waals surface area contributed by atoms with Crippen LogP contribution in [0.3, 0.4) is 0 Å². The Morgan fingerprint density at radius 1 is 1.32 bits per heavy atom. The Morgan fingerprint density at radius 2 is 1.79 bits per heavy atom. The molecule has 1 aliphatic heterocycles. The Kier molecular flexibility index (Phi) is 4.26. The van der Waals surface area contributed by atoms with Crippen molar-refractivity contribution in [3.8, 4) is 6.07 Å². The lowest BCUT2D eigenvalue weighted by atomic mass is 9.79. The number of rotatable bonds is 3. The summed E-state index contributed by atoms with van der Waals surface area (Å²) in [6, 6.07) is 1.90. The molecule has 0 aromatic heterocycles. The first-order valence-corrected chi connectivity index (χ1v) is 6.46. The number of hydrogen-bond donors (Lipinski definition) is 3. The molecule has 3 N–H and O–H groups in total. The predicted molar refractivity (Wildman–Crippen MR) is 73.4 cm³/mol. The summed E-state index contributed by atoms with van der Waals surface area (Å²) in [6.45, 7) is 10.2. The molecular formula is C14H23N3O2. The fourth-order valence-electron chi connectivity index (χ4n) is 3.09. The molecule has 5 heteroatoms. The van der Waals surface area contributed by atoms with Crippen LogP contribution in [0.5, 0.6) is 0 Å². The monoisotopic (exact) mass is 265 g/mol. The SMILES string of the molecule is C/C(NC1CC(C)(C)NC(C)(C)C1)=C(/C#N)C(=O)O. The fourth-order valence-corrected chi connectivity index (χ4v) is 3.09. The number of nitrogens with zero attached hydrogens (tertiary/aromatic N) is 1. The second-order valence-corrected chi connectivity index (χ2v) is 6.56. The van der Waals surface area contributed by atoms with Gasteiger partial charge in [0.1, 0.15) is 6.07 Å². The van der Waals surface area contributed by atoms with Crippen molar-refractivity contribution in [3.63, 3.8) is 0 Å². The van der Waals surface area contributed by atoms with Crippen molar-refractivity contribution in [1.29, 1.82) is 5.26 Å². The second-order valence-electron chi connectivity index (χ2n) is 6.56. The number of carbonyl (C=O) groups is 1. The van der Waals surface area contributed by atoms with Crippen LogP contribution >= 0.6 is 0 Å². The van der Waals surface area contributed by atoms with E-state index in [2.05, 4.69) is 38.3 Å². The van der Waals surface area contributed by atoms with Crippen molar-refractivity contribution in [1.82, 2.24) is 10.6 Å². The quantitative estimate of drug-likeness (QED) is 0.535. The van der Waals surface area contributed by atoms with Gasteiger partial charge in [-0.3, -0.25) is 0 Å². The summed E-state index contributed by atoms with van der Waals surface area (Å²) < 4.78 is 0. The number of nitriles is 1. The molecule has 0 aliphatic carbocycles. The Morgan fingerprint density at radius 3 is 2.16 bits per heavy atom. The van der Waals surface area contributed by atoms with Gasteiger partial charge in [-0.1, -0.05) is 0 Å². The highest BCUT2D eigenvalue weighted by Gasteiger charge is 2.37. The van der Waals surface area contributed by atoms with E-state index in [1.54, 1.807) is 13.0 Å². The molecule has 0 aromatic rings. The van der Waals surface area contributed by atoms with Gasteiger partial charge in [-0.25, -0.2) is 4.79 Å². The van der Waals surface area contributed by atoms with Gasteiger partial charge in [0.25, 0.3) is 0 Å². The average molecular weight is 265 g/mol. The molecule has 106 valence electrons. The molecule has 5 nitrogen and oxygen atoms in total. The maximum atomic E-state index is 10.9. The van der Waals surface area contributed by atoms with E-state index in [9.17, 15) is 4.79 Å². The standard InChI is InChI=1S/C14H23N3O2/c1-9(11(8-15)12(18)19)16-10-6-13(2,3)17-14(4,5)7-10/h10,16-17H,6-7H2,1-5H3,(H,18,19)/b11-9+. The maximum Gasteiger partial charge on any atom is 0.348 e. The van der Waals surface area contributed by atoms with E-state index in [0.29, 0.717) is 5.70 Å². The number of carboxylic acid groups (broad SMARTS) is 1. The van der Waals surface area contributed by atoms with E-state index in [0.717, 1.165) is 12.8 Å². The van der Waals surface area contributed by atoms with Crippen molar-refractivity contribution < 1.29 is 9.90 Å². The molecule has 0 radical (unpaired) electrons. The Balaban J connectivity index is 2.88. The van der Waals surface area contributed by atoms with Gasteiger partial charge in [0.05, 0.1) is 0 Å². The molecule has 1 rings (SSSR count). The lowest BCUT2D eigenvalue weighted by Crippen LogP contribution is -2.61. The van der Waals surface area contributed by atoms with Crippen molar-refractivity contribution in [2.45, 2.75) is 64.6 Å². The molecule has 0 bridgehead atoms. The summed E-state index contributed by atoms with van der Waals surface area (Å²) in [5.74, 6) is -1.18. The van der Waals surface area contributed by atoms with Crippen LogP contribution in [0.15, 0.2) is 11.3 Å². The zero-order valence-electron chi connectivity index (χ0n) is 12.3. The molecular weight excluding hydrogens is 242 g/mol. The van der Waals surface area contributed by atoms with Gasteiger partial charge in [0, 0.05) is 22.8 Å². The topological polar surface area (TPSA) is 85.1 Å². The molecule has 0 unspecified atom stereocenters. The summed E-state index contributed by atoms with van der Waals surface area (Å²) >= 11 is 0. The van der Waals surface area contributed by atoms with Crippen molar-refractivity contribution >= 4 is 5.97 Å². The third-order valence-electron chi connectivity index (χ3n) is 3.31. The van der Waals surface area contributed by atoms with Gasteiger partial charge in [-0.2, -0.15) is 5.26 Å². The first-order valence-electron chi connectivity index (χ1n) is 6.46. The Hall–Kier alpha value is -1.54. The molecule has 0 saturated carbocycles. The lowest BCUT2D eigenvalue weighted by molar-refractivity contribution is -0.132. The summed E-state index contributed by atoms with van der Waals surface area (Å²) in [7, 11) is 0. The third kappa shape index (κ3) is 4.25. The largest absolute Gasteiger partial charge is 0.477 e. The van der Waals surface area contributed by atoms with Crippen molar-refractivity contribution in [2.24, 2.45) is 0 Å². The van der Waals surface area contributed by atoms with Crippen LogP contribution in [0.2, 0.25) is 0 Å². The number of allylic oxidation sites excluding steroid dienone is 1. The zero-order valence-corrected chi connectivity index (χ0v) is 12.3. The minimum atomic E-state index is -1.18. The maximum absolute atomic E-state index is 10.9. The highest BCUT2D eigenvalue weighted by Crippen LogP contribution is 2.29. The van der Waals surface area contributed by atoms with Gasteiger partial charge in [-0.05, 0) is 47.5 Å². The number of hydrogen-bond acceptors (Lipinski definition) is 4. The third-order valence-corrected chi connectivity index (χ3v) is 3.31. The van der Waals surface area contributed by atoms with Crippen LogP contribution in [0.1, 0.15) is 47.5 Å². The van der Waals surface area contributed by atoms with Gasteiger partial charge in [-0.15, -0.1) is 0 Å². The first-order chi connectivity index (χ1) is 8.56. The van der Waals surface area contributed by atoms with Crippen LogP contribution in [-0.4, -0.2) is 28.2 Å². The fraction of sp³-hybridized carbons (Fsp3) is 0.714. The minimum Gasteiger partial charge on any atom is -0.477 e. The van der Waals surface area contributed by atoms with Crippen molar-refractivity contribution in [3.05, 3.63) is 11.3 Å². The first kappa shape index (κ1) is 15.5. The van der Waals surface area contributed by atoms with Crippen LogP contribution < -0.4 is 10.6 Å². The molecule has 0 amide bonds. The van der Waals surface area contributed by atoms with Gasteiger partial charge in [0.2, 0.25) is 0 Å². The van der Waals surface area contributed by atoms with E-state index in [1.165, 1.54) is 0 Å². The number of piperidine rings is 1. The summed E-state index contributed by atoms with van der Waals surface area (Å²) in [6.07, 6.45) is 1.76. The molecule has 0 spiro atoms. The highest BCUT2D eigenvalue weighted by atomic mass is 16.4. The molecule has 19 heavy (non-hydrogen) atoms. The Labute approximate surface area is 114 Å². The molecule has 1 fully saturated rings. The van der Waals surface area contributed by atoms with E-state index >= 15 is 0 Å². The average Bonchev–Trinajstić information content (AvgIpc) is 2.11. The van der Waals surface area contributed by atoms with E-state index in [-0.39, 0.29) is 22.7 Å². The molecule has 0 atom stereocenters. The zero-order chi connectivity index (χ0) is 14.8. The smallest absolute Gasteiger partial charge is 0.348 e. The normalized spacial score (nSPS) is 23.2. The molecule has 1 aliphatic rings. The highest BCUT2D eigenvalue weighted by molar-refractivity contribution is 5.91. The van der Waals surface area contributed by atoms with Gasteiger partial charge >= 0.3 is 5.97 Å². The van der Waals surface area contributed by atoms with Crippen LogP contribution in [0, 0.1) is 11.3 Å². The summed E-state index contributed by atoms with van der Waals surface area (Å²) in [5, 5.41) is 24.6. The van der Waals surface area contributed by atoms with Crippen LogP contribution in [-0.2, 0) is 4.79 Å². The predicted octanol–water partition coefficient (Wildman–Crippen LogP) is 1.77. The minimum absolute atomic E-state index is 0.0181. The van der Waals surface area contributed by atoms with Gasteiger partial charge in [0.15, 0.2) is 5.57 Å². The number of carboxylic acids is 1. The Bertz CT molecular complexity index is 428. The van der Waals surface area contributed by atoms with Crippen LogP contribution in [0.25, 0.3) is 0 Å². The van der Waals surface area contributed by atoms with E-state index in [4.69, 9.17) is 10.4 Å². The van der Waals surface area contributed by atoms with E-state index in [1.807, 2.05) is 0 Å². The van der Waals surface area contributed by atoms with Gasteiger partial charge < -0.3 is 15.7 Å². The number of aliphatic carboxylic acids is 1. The summed E-state index contributed by atoms with van der Waals surface area (Å²) in [5.41, 5.74) is 0.188. The van der Waals surface area contributed by atoms with E-state index < -0.39 is 5.97 Å². The molecule has 1 heterocycles. The van der Waals surface area contributed by atoms with Crippen molar-refractivity contribution in [2.75, 3.05) is 0 Å². The lowest BCUT2D eigenvalue weighted by Gasteiger charge is -2.47. The second kappa shape index (κ2) is 5.22. The summed E-state index contributed by atoms with van der Waals surface area (Å²) in [4.78, 5) is 10.9.